The Labute approximate surface area is 78.8 Å². The average Bonchev–Trinajstić information content (AvgIpc) is 2.03. The van der Waals surface area contributed by atoms with Gasteiger partial charge in [-0.25, -0.2) is 0 Å². The van der Waals surface area contributed by atoms with Gasteiger partial charge in [-0.2, -0.15) is 0 Å². The van der Waals surface area contributed by atoms with Crippen molar-refractivity contribution < 1.29 is 19.4 Å². The highest BCUT2D eigenvalue weighted by molar-refractivity contribution is 5.69. The minimum atomic E-state index is -0.423. The van der Waals surface area contributed by atoms with Crippen molar-refractivity contribution in [2.75, 3.05) is 13.7 Å². The lowest BCUT2D eigenvalue weighted by Crippen LogP contribution is -2.16. The van der Waals surface area contributed by atoms with Crippen LogP contribution in [0.1, 0.15) is 26.7 Å². The van der Waals surface area contributed by atoms with Crippen molar-refractivity contribution in [3.63, 3.8) is 0 Å². The molecule has 0 saturated carbocycles. The largest absolute Gasteiger partial charge is 0.466 e. The summed E-state index contributed by atoms with van der Waals surface area (Å²) in [7, 11) is 1.55. The average molecular weight is 190 g/mol. The molecule has 0 aromatic heterocycles. The fraction of sp³-hybridized carbons (Fsp3) is 0.889. The Morgan fingerprint density at radius 3 is 2.54 bits per heavy atom. The van der Waals surface area contributed by atoms with E-state index in [1.54, 1.807) is 21.0 Å². The molecule has 0 aliphatic rings. The molecule has 0 aromatic carbocycles. The molecule has 78 valence electrons. The van der Waals surface area contributed by atoms with E-state index in [9.17, 15) is 4.79 Å². The van der Waals surface area contributed by atoms with Crippen molar-refractivity contribution in [3.05, 3.63) is 0 Å². The molecule has 0 bridgehead atoms. The number of hydrogen-bond donors (Lipinski definition) is 1. The third-order valence-electron chi connectivity index (χ3n) is 1.66. The fourth-order valence-corrected chi connectivity index (χ4v) is 0.720. The van der Waals surface area contributed by atoms with Gasteiger partial charge in [0.15, 0.2) is 0 Å². The zero-order chi connectivity index (χ0) is 10.3. The standard InChI is InChI=1S/C9H18O4/c1-7(10)4-5-13-9(11)6-8(2)12-3/h7-8,10H,4-6H2,1-3H3/t7?,8-/m1/s1. The first-order chi connectivity index (χ1) is 6.06. The molecule has 13 heavy (non-hydrogen) atoms. The van der Waals surface area contributed by atoms with Gasteiger partial charge >= 0.3 is 5.97 Å². The number of ether oxygens (including phenoxy) is 2. The third kappa shape index (κ3) is 7.74. The molecule has 1 unspecified atom stereocenters. The highest BCUT2D eigenvalue weighted by atomic mass is 16.5. The van der Waals surface area contributed by atoms with Crippen LogP contribution in [-0.4, -0.2) is 37.0 Å². The first-order valence-corrected chi connectivity index (χ1v) is 4.42. The normalized spacial score (nSPS) is 15.1. The maximum absolute atomic E-state index is 11.0. The predicted molar refractivity (Wildman–Crippen MR) is 48.3 cm³/mol. The van der Waals surface area contributed by atoms with Crippen LogP contribution in [0.5, 0.6) is 0 Å². The fourth-order valence-electron chi connectivity index (χ4n) is 0.720. The third-order valence-corrected chi connectivity index (χ3v) is 1.66. The van der Waals surface area contributed by atoms with Gasteiger partial charge in [-0.15, -0.1) is 0 Å². The Hall–Kier alpha value is -0.610. The second-order valence-electron chi connectivity index (χ2n) is 3.11. The molecule has 0 spiro atoms. The van der Waals surface area contributed by atoms with Crippen LogP contribution < -0.4 is 0 Å². The van der Waals surface area contributed by atoms with Crippen LogP contribution in [-0.2, 0) is 14.3 Å². The molecule has 1 N–H and O–H groups in total. The molecule has 4 nitrogen and oxygen atoms in total. The minimum absolute atomic E-state index is 0.112. The zero-order valence-electron chi connectivity index (χ0n) is 8.45. The number of aliphatic hydroxyl groups excluding tert-OH is 1. The van der Waals surface area contributed by atoms with Gasteiger partial charge in [0.25, 0.3) is 0 Å². The summed E-state index contributed by atoms with van der Waals surface area (Å²) in [4.78, 5) is 11.0. The SMILES string of the molecule is CO[C@H](C)CC(=O)OCCC(C)O. The van der Waals surface area contributed by atoms with E-state index in [2.05, 4.69) is 0 Å². The van der Waals surface area contributed by atoms with Gasteiger partial charge in [0, 0.05) is 13.5 Å². The topological polar surface area (TPSA) is 55.8 Å². The Morgan fingerprint density at radius 1 is 1.46 bits per heavy atom. The van der Waals surface area contributed by atoms with Crippen molar-refractivity contribution in [2.45, 2.75) is 38.9 Å². The van der Waals surface area contributed by atoms with Crippen LogP contribution >= 0.6 is 0 Å². The summed E-state index contributed by atoms with van der Waals surface area (Å²) < 4.78 is 9.74. The lowest BCUT2D eigenvalue weighted by atomic mass is 10.3. The highest BCUT2D eigenvalue weighted by Gasteiger charge is 2.09. The summed E-state index contributed by atoms with van der Waals surface area (Å²) in [5.41, 5.74) is 0. The molecular formula is C9H18O4. The summed E-state index contributed by atoms with van der Waals surface area (Å²) in [5, 5.41) is 8.88. The molecule has 4 heteroatoms. The summed E-state index contributed by atoms with van der Waals surface area (Å²) in [5.74, 6) is -0.282. The lowest BCUT2D eigenvalue weighted by Gasteiger charge is -2.09. The molecule has 0 amide bonds. The van der Waals surface area contributed by atoms with E-state index in [4.69, 9.17) is 14.6 Å². The lowest BCUT2D eigenvalue weighted by molar-refractivity contribution is -0.146. The molecule has 0 radical (unpaired) electrons. The number of carbonyl (C=O) groups is 1. The Balaban J connectivity index is 3.41. The van der Waals surface area contributed by atoms with E-state index in [0.717, 1.165) is 0 Å². The van der Waals surface area contributed by atoms with Crippen LogP contribution in [0.15, 0.2) is 0 Å². The Morgan fingerprint density at radius 2 is 2.08 bits per heavy atom. The second-order valence-corrected chi connectivity index (χ2v) is 3.11. The number of esters is 1. The van der Waals surface area contributed by atoms with Gasteiger partial charge in [-0.05, 0) is 13.8 Å². The van der Waals surface area contributed by atoms with Crippen LogP contribution in [0.3, 0.4) is 0 Å². The summed E-state index contributed by atoms with van der Waals surface area (Å²) in [6, 6.07) is 0. The molecular weight excluding hydrogens is 172 g/mol. The van der Waals surface area contributed by atoms with Gasteiger partial charge in [0.2, 0.25) is 0 Å². The van der Waals surface area contributed by atoms with Crippen molar-refractivity contribution in [1.29, 1.82) is 0 Å². The van der Waals surface area contributed by atoms with Crippen LogP contribution in [0.25, 0.3) is 0 Å². The molecule has 0 aliphatic carbocycles. The Bertz CT molecular complexity index is 145. The van der Waals surface area contributed by atoms with E-state index in [0.29, 0.717) is 6.42 Å². The van der Waals surface area contributed by atoms with Gasteiger partial charge < -0.3 is 14.6 Å². The molecule has 0 aliphatic heterocycles. The predicted octanol–water partition coefficient (Wildman–Crippen LogP) is 0.726. The van der Waals surface area contributed by atoms with Crippen LogP contribution in [0, 0.1) is 0 Å². The van der Waals surface area contributed by atoms with E-state index in [1.807, 2.05) is 0 Å². The molecule has 0 heterocycles. The van der Waals surface area contributed by atoms with Crippen LogP contribution in [0.2, 0.25) is 0 Å². The van der Waals surface area contributed by atoms with Crippen LogP contribution in [0.4, 0.5) is 0 Å². The van der Waals surface area contributed by atoms with Gasteiger partial charge in [-0.1, -0.05) is 0 Å². The van der Waals surface area contributed by atoms with E-state index >= 15 is 0 Å². The number of carbonyl (C=O) groups excluding carboxylic acids is 1. The van der Waals surface area contributed by atoms with Crippen molar-refractivity contribution >= 4 is 5.97 Å². The maximum atomic E-state index is 11.0. The smallest absolute Gasteiger partial charge is 0.308 e. The Kier molecular flexibility index (Phi) is 6.54. The monoisotopic (exact) mass is 190 g/mol. The van der Waals surface area contributed by atoms with Gasteiger partial charge in [0.05, 0.1) is 25.2 Å². The summed E-state index contributed by atoms with van der Waals surface area (Å²) in [6.45, 7) is 3.73. The number of aliphatic hydroxyl groups is 1. The first-order valence-electron chi connectivity index (χ1n) is 4.42. The number of rotatable bonds is 6. The molecule has 0 saturated heterocycles. The zero-order valence-corrected chi connectivity index (χ0v) is 8.45. The summed E-state index contributed by atoms with van der Waals surface area (Å²) >= 11 is 0. The molecule has 0 aromatic rings. The first kappa shape index (κ1) is 12.4. The van der Waals surface area contributed by atoms with E-state index in [-0.39, 0.29) is 25.1 Å². The molecule has 0 rings (SSSR count). The van der Waals surface area contributed by atoms with E-state index in [1.165, 1.54) is 0 Å². The van der Waals surface area contributed by atoms with Gasteiger partial charge in [-0.3, -0.25) is 4.79 Å². The maximum Gasteiger partial charge on any atom is 0.308 e. The summed E-state index contributed by atoms with van der Waals surface area (Å²) in [6.07, 6.45) is 0.204. The van der Waals surface area contributed by atoms with Crippen molar-refractivity contribution in [2.24, 2.45) is 0 Å². The second kappa shape index (κ2) is 6.86. The quantitative estimate of drug-likeness (QED) is 0.627. The minimum Gasteiger partial charge on any atom is -0.466 e. The van der Waals surface area contributed by atoms with Crippen molar-refractivity contribution in [3.8, 4) is 0 Å². The van der Waals surface area contributed by atoms with Crippen molar-refractivity contribution in [1.82, 2.24) is 0 Å². The molecule has 2 atom stereocenters. The number of methoxy groups -OCH3 is 1. The highest BCUT2D eigenvalue weighted by Crippen LogP contribution is 1.99. The van der Waals surface area contributed by atoms with E-state index < -0.39 is 6.10 Å². The van der Waals surface area contributed by atoms with Gasteiger partial charge in [0.1, 0.15) is 0 Å². The molecule has 0 fully saturated rings. The number of hydrogen-bond acceptors (Lipinski definition) is 4.